The van der Waals surface area contributed by atoms with Crippen LogP contribution in [0.3, 0.4) is 0 Å². The lowest BCUT2D eigenvalue weighted by Gasteiger charge is -2.30. The van der Waals surface area contributed by atoms with Crippen LogP contribution in [0.15, 0.2) is 42.5 Å². The number of likely N-dealkylation sites (N-methyl/N-ethyl adjacent to an activating group) is 1. The third-order valence-electron chi connectivity index (χ3n) is 4.37. The van der Waals surface area contributed by atoms with Crippen LogP contribution in [0.25, 0.3) is 0 Å². The summed E-state index contributed by atoms with van der Waals surface area (Å²) < 4.78 is 5.65. The Morgan fingerprint density at radius 1 is 1.14 bits per heavy atom. The van der Waals surface area contributed by atoms with E-state index in [2.05, 4.69) is 5.32 Å². The predicted octanol–water partition coefficient (Wildman–Crippen LogP) is 4.23. The highest BCUT2D eigenvalue weighted by atomic mass is 35.5. The normalized spacial score (nSPS) is 11.6. The van der Waals surface area contributed by atoms with Crippen molar-refractivity contribution in [1.29, 1.82) is 0 Å². The number of carbonyl (C=O) groups is 2. The van der Waals surface area contributed by atoms with Gasteiger partial charge in [-0.15, -0.1) is 0 Å². The Bertz CT molecular complexity index is 822. The molecule has 28 heavy (non-hydrogen) atoms. The Labute approximate surface area is 175 Å². The summed E-state index contributed by atoms with van der Waals surface area (Å²) in [6.07, 6.45) is 0.442. The number of hydrogen-bond donors (Lipinski definition) is 1. The smallest absolute Gasteiger partial charge is 0.261 e. The van der Waals surface area contributed by atoms with Gasteiger partial charge in [-0.3, -0.25) is 9.59 Å². The summed E-state index contributed by atoms with van der Waals surface area (Å²) in [5.41, 5.74) is 1.62. The van der Waals surface area contributed by atoms with Crippen LogP contribution in [0.1, 0.15) is 24.5 Å². The van der Waals surface area contributed by atoms with Crippen LogP contribution in [0.5, 0.6) is 5.75 Å². The zero-order valence-corrected chi connectivity index (χ0v) is 17.7. The molecule has 0 unspecified atom stereocenters. The summed E-state index contributed by atoms with van der Waals surface area (Å²) in [7, 11) is 1.54. The van der Waals surface area contributed by atoms with Crippen molar-refractivity contribution in [2.24, 2.45) is 0 Å². The fourth-order valence-electron chi connectivity index (χ4n) is 2.87. The minimum absolute atomic E-state index is 0.112. The van der Waals surface area contributed by atoms with Gasteiger partial charge in [0.2, 0.25) is 5.91 Å². The van der Waals surface area contributed by atoms with Gasteiger partial charge in [0.05, 0.1) is 0 Å². The van der Waals surface area contributed by atoms with E-state index in [4.69, 9.17) is 27.9 Å². The lowest BCUT2D eigenvalue weighted by Crippen LogP contribution is -2.49. The average molecular weight is 423 g/mol. The fraction of sp³-hybridized carbons (Fsp3) is 0.333. The number of rotatable bonds is 8. The van der Waals surface area contributed by atoms with Crippen LogP contribution in [0.2, 0.25) is 10.0 Å². The molecule has 0 saturated carbocycles. The Kier molecular flexibility index (Phi) is 8.15. The number of nitrogens with one attached hydrogen (secondary N) is 1. The molecule has 2 amide bonds. The predicted molar refractivity (Wildman–Crippen MR) is 112 cm³/mol. The highest BCUT2D eigenvalue weighted by Crippen LogP contribution is 2.27. The maximum absolute atomic E-state index is 13.0. The van der Waals surface area contributed by atoms with Crippen molar-refractivity contribution in [2.45, 2.75) is 32.9 Å². The van der Waals surface area contributed by atoms with E-state index >= 15 is 0 Å². The largest absolute Gasteiger partial charge is 0.484 e. The Hall–Kier alpha value is -2.24. The molecule has 1 atom stereocenters. The maximum Gasteiger partial charge on any atom is 0.261 e. The first-order valence-electron chi connectivity index (χ1n) is 9.00. The monoisotopic (exact) mass is 422 g/mol. The molecule has 0 aromatic heterocycles. The first kappa shape index (κ1) is 22.1. The van der Waals surface area contributed by atoms with Gasteiger partial charge in [-0.2, -0.15) is 0 Å². The van der Waals surface area contributed by atoms with Gasteiger partial charge in [0.1, 0.15) is 11.8 Å². The molecule has 0 spiro atoms. The third-order valence-corrected chi connectivity index (χ3v) is 5.08. The van der Waals surface area contributed by atoms with Crippen molar-refractivity contribution in [1.82, 2.24) is 10.2 Å². The molecule has 0 heterocycles. The second kappa shape index (κ2) is 10.3. The Morgan fingerprint density at radius 2 is 1.79 bits per heavy atom. The van der Waals surface area contributed by atoms with E-state index < -0.39 is 6.04 Å². The number of halogens is 2. The third kappa shape index (κ3) is 5.63. The molecular weight excluding hydrogens is 399 g/mol. The summed E-state index contributed by atoms with van der Waals surface area (Å²) >= 11 is 12.6. The summed E-state index contributed by atoms with van der Waals surface area (Å²) in [5, 5.41) is 3.49. The SMILES string of the molecule is CC[C@H](C(=O)NC)N(Cc1c(Cl)cccc1Cl)C(=O)COc1cccc(C)c1. The lowest BCUT2D eigenvalue weighted by atomic mass is 10.1. The van der Waals surface area contributed by atoms with Crippen LogP contribution >= 0.6 is 23.2 Å². The van der Waals surface area contributed by atoms with E-state index in [9.17, 15) is 9.59 Å². The van der Waals surface area contributed by atoms with E-state index in [0.29, 0.717) is 27.8 Å². The van der Waals surface area contributed by atoms with Crippen molar-refractivity contribution in [3.63, 3.8) is 0 Å². The van der Waals surface area contributed by atoms with Crippen molar-refractivity contribution in [3.8, 4) is 5.75 Å². The van der Waals surface area contributed by atoms with Crippen molar-refractivity contribution in [3.05, 3.63) is 63.6 Å². The first-order valence-corrected chi connectivity index (χ1v) is 9.76. The van der Waals surface area contributed by atoms with Crippen LogP contribution in [-0.4, -0.2) is 36.4 Å². The summed E-state index contributed by atoms with van der Waals surface area (Å²) in [6.45, 7) is 3.70. The second-order valence-electron chi connectivity index (χ2n) is 6.37. The highest BCUT2D eigenvalue weighted by Gasteiger charge is 2.29. The van der Waals surface area contributed by atoms with E-state index in [0.717, 1.165) is 5.56 Å². The zero-order valence-electron chi connectivity index (χ0n) is 16.2. The summed E-state index contributed by atoms with van der Waals surface area (Å²) in [4.78, 5) is 26.8. The molecule has 0 aliphatic carbocycles. The van der Waals surface area contributed by atoms with E-state index in [1.165, 1.54) is 4.90 Å². The van der Waals surface area contributed by atoms with Gasteiger partial charge >= 0.3 is 0 Å². The number of aryl methyl sites for hydroxylation is 1. The molecular formula is C21H24Cl2N2O3. The van der Waals surface area contributed by atoms with Gasteiger partial charge in [0.15, 0.2) is 6.61 Å². The topological polar surface area (TPSA) is 58.6 Å². The van der Waals surface area contributed by atoms with Gasteiger partial charge < -0.3 is 15.0 Å². The second-order valence-corrected chi connectivity index (χ2v) is 7.18. The van der Waals surface area contributed by atoms with Crippen molar-refractivity contribution >= 4 is 35.0 Å². The fourth-order valence-corrected chi connectivity index (χ4v) is 3.39. The summed E-state index contributed by atoms with van der Waals surface area (Å²) in [5.74, 6) is 0.0135. The minimum Gasteiger partial charge on any atom is -0.484 e. The van der Waals surface area contributed by atoms with Gasteiger partial charge in [0, 0.05) is 29.2 Å². The van der Waals surface area contributed by atoms with Gasteiger partial charge in [-0.25, -0.2) is 0 Å². The molecule has 0 aliphatic rings. The summed E-state index contributed by atoms with van der Waals surface area (Å²) in [6, 6.07) is 11.9. The first-order chi connectivity index (χ1) is 13.4. The van der Waals surface area contributed by atoms with E-state index in [1.54, 1.807) is 31.3 Å². The molecule has 1 N–H and O–H groups in total. The quantitative estimate of drug-likeness (QED) is 0.691. The Morgan fingerprint density at radius 3 is 2.36 bits per heavy atom. The van der Waals surface area contributed by atoms with Crippen LogP contribution < -0.4 is 10.1 Å². The molecule has 0 fully saturated rings. The number of carbonyl (C=O) groups excluding carboxylic acids is 2. The molecule has 7 heteroatoms. The number of nitrogens with zero attached hydrogens (tertiary/aromatic N) is 1. The van der Waals surface area contributed by atoms with Crippen molar-refractivity contribution < 1.29 is 14.3 Å². The number of ether oxygens (including phenoxy) is 1. The molecule has 0 aliphatic heterocycles. The van der Waals surface area contributed by atoms with E-state index in [1.807, 2.05) is 32.0 Å². The molecule has 2 aromatic rings. The number of benzene rings is 2. The van der Waals surface area contributed by atoms with Gasteiger partial charge in [-0.1, -0.05) is 48.3 Å². The van der Waals surface area contributed by atoms with Gasteiger partial charge in [0.25, 0.3) is 5.91 Å². The average Bonchev–Trinajstić information content (AvgIpc) is 2.68. The molecule has 0 radical (unpaired) electrons. The molecule has 2 aromatic carbocycles. The molecule has 0 saturated heterocycles. The van der Waals surface area contributed by atoms with Crippen molar-refractivity contribution in [2.75, 3.05) is 13.7 Å². The zero-order chi connectivity index (χ0) is 20.7. The lowest BCUT2D eigenvalue weighted by molar-refractivity contribution is -0.142. The molecule has 2 rings (SSSR count). The van der Waals surface area contributed by atoms with Crippen LogP contribution in [0, 0.1) is 6.92 Å². The highest BCUT2D eigenvalue weighted by molar-refractivity contribution is 6.36. The number of hydrogen-bond acceptors (Lipinski definition) is 3. The van der Waals surface area contributed by atoms with Crippen LogP contribution in [0.4, 0.5) is 0 Å². The standard InChI is InChI=1S/C21H24Cl2N2O3/c1-4-19(21(27)24-3)25(12-16-17(22)9-6-10-18(16)23)20(26)13-28-15-8-5-7-14(2)11-15/h5-11,19H,4,12-13H2,1-3H3,(H,24,27)/t19-/m1/s1. The number of amides is 2. The minimum atomic E-state index is -0.661. The molecule has 0 bridgehead atoms. The van der Waals surface area contributed by atoms with Gasteiger partial charge in [-0.05, 0) is 43.2 Å². The van der Waals surface area contributed by atoms with Crippen LogP contribution in [-0.2, 0) is 16.1 Å². The molecule has 150 valence electrons. The molecule has 5 nitrogen and oxygen atoms in total. The maximum atomic E-state index is 13.0. The van der Waals surface area contributed by atoms with E-state index in [-0.39, 0.29) is 25.0 Å². The Balaban J connectivity index is 2.26.